The highest BCUT2D eigenvalue weighted by Crippen LogP contribution is 2.51. The molecule has 3 rings (SSSR count). The van der Waals surface area contributed by atoms with Gasteiger partial charge in [-0.05, 0) is 25.0 Å². The third-order valence-electron chi connectivity index (χ3n) is 3.63. The molecule has 2 heterocycles. The number of aliphatic hydroxyl groups excluding tert-OH is 1. The fraction of sp³-hybridized carbons (Fsp3) is 0.500. The molecule has 0 saturated heterocycles. The number of ether oxygens (including phenoxy) is 1. The maximum atomic E-state index is 12.2. The molecule has 1 atom stereocenters. The number of hydrogen-bond donors (Lipinski definition) is 1. The number of pyridine rings is 1. The Morgan fingerprint density at radius 1 is 1.65 bits per heavy atom. The van der Waals surface area contributed by atoms with Gasteiger partial charge in [-0.1, -0.05) is 0 Å². The number of amides is 1. The van der Waals surface area contributed by atoms with Gasteiger partial charge in [-0.3, -0.25) is 9.69 Å². The van der Waals surface area contributed by atoms with Gasteiger partial charge < -0.3 is 9.84 Å². The lowest BCUT2D eigenvalue weighted by atomic mass is 9.98. The average molecular weight is 234 g/mol. The Morgan fingerprint density at radius 2 is 2.41 bits per heavy atom. The van der Waals surface area contributed by atoms with E-state index in [1.54, 1.807) is 25.4 Å². The van der Waals surface area contributed by atoms with Crippen molar-refractivity contribution in [1.82, 2.24) is 4.98 Å². The number of fused-ring (bicyclic) bond motifs is 1. The molecule has 0 bridgehead atoms. The van der Waals surface area contributed by atoms with Crippen LogP contribution in [0.2, 0.25) is 0 Å². The molecule has 1 fully saturated rings. The fourth-order valence-corrected chi connectivity index (χ4v) is 2.23. The topological polar surface area (TPSA) is 62.7 Å². The van der Waals surface area contributed by atoms with E-state index in [4.69, 9.17) is 4.74 Å². The van der Waals surface area contributed by atoms with E-state index in [2.05, 4.69) is 4.98 Å². The number of aromatic nitrogens is 1. The lowest BCUT2D eigenvalue weighted by Crippen LogP contribution is -2.50. The molecule has 0 radical (unpaired) electrons. The van der Waals surface area contributed by atoms with Gasteiger partial charge in [-0.2, -0.15) is 0 Å². The van der Waals surface area contributed by atoms with Crippen molar-refractivity contribution in [2.45, 2.75) is 18.9 Å². The van der Waals surface area contributed by atoms with Crippen LogP contribution in [0.4, 0.5) is 5.82 Å². The van der Waals surface area contributed by atoms with Crippen LogP contribution in [-0.4, -0.2) is 35.8 Å². The van der Waals surface area contributed by atoms with Crippen LogP contribution in [0.3, 0.4) is 0 Å². The number of aliphatic hydroxyl groups is 1. The zero-order valence-electron chi connectivity index (χ0n) is 9.59. The van der Waals surface area contributed by atoms with Gasteiger partial charge in [0.05, 0.1) is 6.61 Å². The Bertz CT molecular complexity index is 471. The Kier molecular flexibility index (Phi) is 2.13. The summed E-state index contributed by atoms with van der Waals surface area (Å²) in [5.41, 5.74) is -0.376. The number of carbonyl (C=O) groups excluding carboxylic acids is 1. The molecule has 2 aliphatic rings. The Balaban J connectivity index is 1.99. The summed E-state index contributed by atoms with van der Waals surface area (Å²) in [5.74, 6) is 1.03. The van der Waals surface area contributed by atoms with E-state index in [-0.39, 0.29) is 17.9 Å². The zero-order valence-corrected chi connectivity index (χ0v) is 9.59. The van der Waals surface area contributed by atoms with Crippen molar-refractivity contribution in [2.75, 3.05) is 18.6 Å². The zero-order chi connectivity index (χ0) is 12.0. The van der Waals surface area contributed by atoms with Crippen molar-refractivity contribution >= 4 is 11.7 Å². The second kappa shape index (κ2) is 3.43. The van der Waals surface area contributed by atoms with Gasteiger partial charge in [0.15, 0.2) is 17.7 Å². The van der Waals surface area contributed by atoms with E-state index in [0.29, 0.717) is 11.6 Å². The van der Waals surface area contributed by atoms with E-state index in [0.717, 1.165) is 12.8 Å². The van der Waals surface area contributed by atoms with Gasteiger partial charge in [0.1, 0.15) is 0 Å². The maximum Gasteiger partial charge on any atom is 0.269 e. The third kappa shape index (κ3) is 1.42. The molecule has 1 aliphatic heterocycles. The molecular formula is C12H14N2O3. The largest absolute Gasteiger partial charge is 0.476 e. The van der Waals surface area contributed by atoms with Crippen molar-refractivity contribution in [2.24, 2.45) is 5.41 Å². The minimum atomic E-state index is -0.575. The minimum Gasteiger partial charge on any atom is -0.476 e. The van der Waals surface area contributed by atoms with Gasteiger partial charge >= 0.3 is 0 Å². The van der Waals surface area contributed by atoms with Gasteiger partial charge in [-0.15, -0.1) is 0 Å². The first-order valence-corrected chi connectivity index (χ1v) is 5.68. The summed E-state index contributed by atoms with van der Waals surface area (Å²) >= 11 is 0. The molecule has 5 heteroatoms. The second-order valence-electron chi connectivity index (χ2n) is 4.74. The molecule has 1 aliphatic carbocycles. The van der Waals surface area contributed by atoms with Crippen LogP contribution >= 0.6 is 0 Å². The Hall–Kier alpha value is -1.62. The van der Waals surface area contributed by atoms with Crippen LogP contribution in [0.5, 0.6) is 5.75 Å². The number of anilines is 1. The van der Waals surface area contributed by atoms with Crippen molar-refractivity contribution in [3.05, 3.63) is 18.3 Å². The highest BCUT2D eigenvalue weighted by atomic mass is 16.5. The first-order valence-electron chi connectivity index (χ1n) is 5.68. The molecule has 0 spiro atoms. The van der Waals surface area contributed by atoms with Gasteiger partial charge in [-0.25, -0.2) is 4.98 Å². The molecule has 5 nitrogen and oxygen atoms in total. The Morgan fingerprint density at radius 3 is 3.06 bits per heavy atom. The number of likely N-dealkylation sites (N-methyl/N-ethyl adjacent to an activating group) is 1. The number of hydrogen-bond acceptors (Lipinski definition) is 4. The summed E-state index contributed by atoms with van der Waals surface area (Å²) in [6.45, 7) is -0.00710. The van der Waals surface area contributed by atoms with Crippen LogP contribution in [-0.2, 0) is 4.79 Å². The van der Waals surface area contributed by atoms with Crippen LogP contribution in [0.15, 0.2) is 18.3 Å². The standard InChI is InChI=1S/C12H14N2O3/c1-14-10-8(3-2-6-13-10)17-9(11(14)16)12(7-15)4-5-12/h2-3,6,9,15H,4-5,7H2,1H3. The van der Waals surface area contributed by atoms with Crippen LogP contribution in [0, 0.1) is 5.41 Å². The summed E-state index contributed by atoms with van der Waals surface area (Å²) in [6, 6.07) is 3.57. The quantitative estimate of drug-likeness (QED) is 0.813. The first-order chi connectivity index (χ1) is 8.18. The smallest absolute Gasteiger partial charge is 0.269 e. The average Bonchev–Trinajstić information content (AvgIpc) is 3.15. The molecule has 1 aromatic rings. The lowest BCUT2D eigenvalue weighted by Gasteiger charge is -2.34. The van der Waals surface area contributed by atoms with Crippen LogP contribution in [0.1, 0.15) is 12.8 Å². The predicted octanol–water partition coefficient (Wildman–Crippen LogP) is 0.578. The third-order valence-corrected chi connectivity index (χ3v) is 3.63. The number of carbonyl (C=O) groups is 1. The van der Waals surface area contributed by atoms with Crippen LogP contribution < -0.4 is 9.64 Å². The van der Waals surface area contributed by atoms with E-state index in [9.17, 15) is 9.90 Å². The van der Waals surface area contributed by atoms with Crippen molar-refractivity contribution in [3.63, 3.8) is 0 Å². The predicted molar refractivity (Wildman–Crippen MR) is 60.8 cm³/mol. The van der Waals surface area contributed by atoms with E-state index < -0.39 is 6.10 Å². The Labute approximate surface area is 99.0 Å². The summed E-state index contributed by atoms with van der Waals surface area (Å²) in [7, 11) is 1.69. The van der Waals surface area contributed by atoms with Gasteiger partial charge in [0.2, 0.25) is 0 Å². The van der Waals surface area contributed by atoms with Gasteiger partial charge in [0, 0.05) is 18.7 Å². The molecule has 1 N–H and O–H groups in total. The second-order valence-corrected chi connectivity index (χ2v) is 4.74. The van der Waals surface area contributed by atoms with Crippen molar-refractivity contribution in [3.8, 4) is 5.75 Å². The van der Waals surface area contributed by atoms with Crippen molar-refractivity contribution in [1.29, 1.82) is 0 Å². The van der Waals surface area contributed by atoms with Crippen molar-refractivity contribution < 1.29 is 14.6 Å². The highest BCUT2D eigenvalue weighted by Gasteiger charge is 2.56. The summed E-state index contributed by atoms with van der Waals surface area (Å²) < 4.78 is 5.72. The van der Waals surface area contributed by atoms with E-state index >= 15 is 0 Å². The minimum absolute atomic E-state index is 0.00710. The normalized spacial score (nSPS) is 25.2. The molecule has 1 amide bonds. The molecule has 1 unspecified atom stereocenters. The summed E-state index contributed by atoms with van der Waals surface area (Å²) in [6.07, 6.45) is 2.73. The van der Waals surface area contributed by atoms with E-state index in [1.165, 1.54) is 4.90 Å². The first kappa shape index (κ1) is 10.5. The molecule has 1 saturated carbocycles. The number of nitrogens with zero attached hydrogens (tertiary/aromatic N) is 2. The monoisotopic (exact) mass is 234 g/mol. The molecular weight excluding hydrogens is 220 g/mol. The van der Waals surface area contributed by atoms with E-state index in [1.807, 2.05) is 0 Å². The van der Waals surface area contributed by atoms with Crippen LogP contribution in [0.25, 0.3) is 0 Å². The molecule has 1 aromatic heterocycles. The SMILES string of the molecule is CN1C(=O)C(C2(CO)CC2)Oc2cccnc21. The summed E-state index contributed by atoms with van der Waals surface area (Å²) in [5, 5.41) is 9.39. The maximum absolute atomic E-state index is 12.2. The summed E-state index contributed by atoms with van der Waals surface area (Å²) in [4.78, 5) is 17.8. The number of rotatable bonds is 2. The molecule has 90 valence electrons. The molecule has 0 aromatic carbocycles. The van der Waals surface area contributed by atoms with Gasteiger partial charge in [0.25, 0.3) is 5.91 Å². The molecule has 17 heavy (non-hydrogen) atoms. The highest BCUT2D eigenvalue weighted by molar-refractivity contribution is 5.99. The fourth-order valence-electron chi connectivity index (χ4n) is 2.23. The lowest BCUT2D eigenvalue weighted by molar-refractivity contribution is -0.130.